The minimum Gasteiger partial charge on any atom is -0.478 e. The first kappa shape index (κ1) is 14.4. The first-order chi connectivity index (χ1) is 9.97. The van der Waals surface area contributed by atoms with Crippen molar-refractivity contribution < 1.29 is 14.7 Å². The lowest BCUT2D eigenvalue weighted by Gasteiger charge is -2.06. The molecule has 2 N–H and O–H groups in total. The fourth-order valence-corrected chi connectivity index (χ4v) is 1.67. The van der Waals surface area contributed by atoms with Gasteiger partial charge < -0.3 is 15.0 Å². The van der Waals surface area contributed by atoms with Crippen LogP contribution in [0, 0.1) is 0 Å². The number of amides is 1. The highest BCUT2D eigenvalue weighted by Gasteiger charge is 2.08. The zero-order chi connectivity index (χ0) is 15.4. The van der Waals surface area contributed by atoms with Crippen LogP contribution in [0.1, 0.15) is 26.4 Å². The molecule has 2 aromatic rings. The van der Waals surface area contributed by atoms with Crippen LogP contribution in [0.2, 0.25) is 0 Å². The van der Waals surface area contributed by atoms with Crippen LogP contribution < -0.4 is 10.9 Å². The number of aryl methyl sites for hydroxylation is 1. The van der Waals surface area contributed by atoms with Crippen LogP contribution in [-0.4, -0.2) is 26.5 Å². The highest BCUT2D eigenvalue weighted by molar-refractivity contribution is 5.94. The summed E-state index contributed by atoms with van der Waals surface area (Å²) >= 11 is 0. The standard InChI is InChI=1S/C14H13N3O4/c1-17-5-3-9(7-12(17)18)13(19)16-8-11-6-10(14(20)21)2-4-15-11/h2-7H,8H2,1H3,(H,16,19)(H,20,21). The molecule has 7 heteroatoms. The zero-order valence-corrected chi connectivity index (χ0v) is 11.2. The van der Waals surface area contributed by atoms with Crippen molar-refractivity contribution in [1.29, 1.82) is 0 Å². The molecule has 0 bridgehead atoms. The van der Waals surface area contributed by atoms with Gasteiger partial charge in [0.2, 0.25) is 0 Å². The summed E-state index contributed by atoms with van der Waals surface area (Å²) in [5, 5.41) is 11.5. The van der Waals surface area contributed by atoms with Crippen molar-refractivity contribution in [3.8, 4) is 0 Å². The molecular formula is C14H13N3O4. The van der Waals surface area contributed by atoms with Gasteiger partial charge in [-0.1, -0.05) is 0 Å². The molecule has 0 atom stereocenters. The Morgan fingerprint density at radius 3 is 2.71 bits per heavy atom. The number of nitrogens with zero attached hydrogens (tertiary/aromatic N) is 2. The van der Waals surface area contributed by atoms with Crippen LogP contribution in [0.3, 0.4) is 0 Å². The molecule has 2 aromatic heterocycles. The number of carboxylic acid groups (broad SMARTS) is 1. The summed E-state index contributed by atoms with van der Waals surface area (Å²) in [5.74, 6) is -1.48. The minimum absolute atomic E-state index is 0.0785. The second-order valence-corrected chi connectivity index (χ2v) is 4.39. The molecule has 0 aliphatic carbocycles. The van der Waals surface area contributed by atoms with E-state index in [-0.39, 0.29) is 23.2 Å². The van der Waals surface area contributed by atoms with Crippen molar-refractivity contribution in [3.05, 3.63) is 63.8 Å². The van der Waals surface area contributed by atoms with Crippen LogP contribution >= 0.6 is 0 Å². The normalized spacial score (nSPS) is 10.1. The number of carboxylic acids is 1. The van der Waals surface area contributed by atoms with Gasteiger partial charge in [0.25, 0.3) is 11.5 Å². The summed E-state index contributed by atoms with van der Waals surface area (Å²) in [4.78, 5) is 38.1. The van der Waals surface area contributed by atoms with Crippen LogP contribution in [0.25, 0.3) is 0 Å². The van der Waals surface area contributed by atoms with Crippen molar-refractivity contribution in [2.45, 2.75) is 6.54 Å². The fraction of sp³-hybridized carbons (Fsp3) is 0.143. The molecule has 0 fully saturated rings. The molecule has 0 saturated carbocycles. The van der Waals surface area contributed by atoms with Crippen molar-refractivity contribution in [2.24, 2.45) is 7.05 Å². The van der Waals surface area contributed by atoms with Crippen molar-refractivity contribution in [1.82, 2.24) is 14.9 Å². The molecule has 0 saturated heterocycles. The molecule has 0 spiro atoms. The molecule has 2 heterocycles. The lowest BCUT2D eigenvalue weighted by Crippen LogP contribution is -2.26. The predicted molar refractivity (Wildman–Crippen MR) is 74.0 cm³/mol. The molecule has 1 amide bonds. The third-order valence-electron chi connectivity index (χ3n) is 2.86. The lowest BCUT2D eigenvalue weighted by atomic mass is 10.2. The monoisotopic (exact) mass is 287 g/mol. The van der Waals surface area contributed by atoms with Crippen molar-refractivity contribution in [2.75, 3.05) is 0 Å². The number of aromatic nitrogens is 2. The van der Waals surface area contributed by atoms with Crippen LogP contribution in [-0.2, 0) is 13.6 Å². The zero-order valence-electron chi connectivity index (χ0n) is 11.2. The minimum atomic E-state index is -1.06. The third-order valence-corrected chi connectivity index (χ3v) is 2.86. The summed E-state index contributed by atoms with van der Waals surface area (Å²) in [6, 6.07) is 5.51. The largest absolute Gasteiger partial charge is 0.478 e. The Bertz CT molecular complexity index is 752. The van der Waals surface area contributed by atoms with E-state index in [4.69, 9.17) is 5.11 Å². The molecule has 7 nitrogen and oxygen atoms in total. The first-order valence-electron chi connectivity index (χ1n) is 6.10. The van der Waals surface area contributed by atoms with Gasteiger partial charge in [0, 0.05) is 31.1 Å². The molecule has 0 aliphatic rings. The van der Waals surface area contributed by atoms with E-state index in [1.807, 2.05) is 0 Å². The van der Waals surface area contributed by atoms with E-state index in [1.54, 1.807) is 7.05 Å². The quantitative estimate of drug-likeness (QED) is 0.848. The van der Waals surface area contributed by atoms with Gasteiger partial charge >= 0.3 is 5.97 Å². The van der Waals surface area contributed by atoms with E-state index < -0.39 is 11.9 Å². The first-order valence-corrected chi connectivity index (χ1v) is 6.10. The van der Waals surface area contributed by atoms with Gasteiger partial charge in [-0.05, 0) is 18.2 Å². The fourth-order valence-electron chi connectivity index (χ4n) is 1.67. The predicted octanol–water partition coefficient (Wildman–Crippen LogP) is 0.409. The number of hydrogen-bond donors (Lipinski definition) is 2. The van der Waals surface area contributed by atoms with Gasteiger partial charge in [-0.15, -0.1) is 0 Å². The molecule has 0 aromatic carbocycles. The van der Waals surface area contributed by atoms with Gasteiger partial charge in [0.1, 0.15) is 0 Å². The number of hydrogen-bond acceptors (Lipinski definition) is 4. The number of carbonyl (C=O) groups excluding carboxylic acids is 1. The second-order valence-electron chi connectivity index (χ2n) is 4.39. The van der Waals surface area contributed by atoms with E-state index in [9.17, 15) is 14.4 Å². The average molecular weight is 287 g/mol. The Labute approximate surface area is 119 Å². The van der Waals surface area contributed by atoms with Gasteiger partial charge in [0.05, 0.1) is 17.8 Å². The van der Waals surface area contributed by atoms with Gasteiger partial charge in [-0.2, -0.15) is 0 Å². The Kier molecular flexibility index (Phi) is 4.13. The van der Waals surface area contributed by atoms with Crippen molar-refractivity contribution in [3.63, 3.8) is 0 Å². The number of pyridine rings is 2. The van der Waals surface area contributed by atoms with Crippen LogP contribution in [0.5, 0.6) is 0 Å². The molecule has 21 heavy (non-hydrogen) atoms. The second kappa shape index (κ2) is 6.00. The topological polar surface area (TPSA) is 101 Å². The van der Waals surface area contributed by atoms with Crippen LogP contribution in [0.15, 0.2) is 41.5 Å². The molecule has 0 radical (unpaired) electrons. The smallest absolute Gasteiger partial charge is 0.335 e. The molecular weight excluding hydrogens is 274 g/mol. The van der Waals surface area contributed by atoms with E-state index in [2.05, 4.69) is 10.3 Å². The average Bonchev–Trinajstić information content (AvgIpc) is 2.48. The Morgan fingerprint density at radius 1 is 1.29 bits per heavy atom. The number of aromatic carboxylic acids is 1. The third kappa shape index (κ3) is 3.53. The molecule has 0 unspecified atom stereocenters. The summed E-state index contributed by atoms with van der Waals surface area (Å²) in [6.07, 6.45) is 2.86. The number of carbonyl (C=O) groups is 2. The summed E-state index contributed by atoms with van der Waals surface area (Å²) in [6.45, 7) is 0.0785. The van der Waals surface area contributed by atoms with E-state index in [1.165, 1.54) is 41.2 Å². The van der Waals surface area contributed by atoms with Crippen LogP contribution in [0.4, 0.5) is 0 Å². The lowest BCUT2D eigenvalue weighted by molar-refractivity contribution is 0.0696. The van der Waals surface area contributed by atoms with Gasteiger partial charge in [-0.3, -0.25) is 14.6 Å². The highest BCUT2D eigenvalue weighted by Crippen LogP contribution is 2.02. The van der Waals surface area contributed by atoms with Gasteiger partial charge in [-0.25, -0.2) is 4.79 Å². The van der Waals surface area contributed by atoms with E-state index in [0.717, 1.165) is 0 Å². The molecule has 2 rings (SSSR count). The Morgan fingerprint density at radius 2 is 2.05 bits per heavy atom. The Hall–Kier alpha value is -2.96. The van der Waals surface area contributed by atoms with E-state index in [0.29, 0.717) is 5.69 Å². The summed E-state index contributed by atoms with van der Waals surface area (Å²) in [7, 11) is 1.59. The van der Waals surface area contributed by atoms with Gasteiger partial charge in [0.15, 0.2) is 0 Å². The van der Waals surface area contributed by atoms with Crippen molar-refractivity contribution >= 4 is 11.9 Å². The van der Waals surface area contributed by atoms with E-state index >= 15 is 0 Å². The maximum atomic E-state index is 11.9. The number of nitrogens with one attached hydrogen (secondary N) is 1. The Balaban J connectivity index is 2.07. The maximum Gasteiger partial charge on any atom is 0.335 e. The number of rotatable bonds is 4. The SMILES string of the molecule is Cn1ccc(C(=O)NCc2cc(C(=O)O)ccn2)cc1=O. The summed E-state index contributed by atoms with van der Waals surface area (Å²) < 4.78 is 1.36. The molecule has 0 aliphatic heterocycles. The summed E-state index contributed by atoms with van der Waals surface area (Å²) in [5.41, 5.74) is 0.482. The maximum absolute atomic E-state index is 11.9. The molecule has 108 valence electrons. The highest BCUT2D eigenvalue weighted by atomic mass is 16.4.